The van der Waals surface area contributed by atoms with Gasteiger partial charge in [0.2, 0.25) is 0 Å². The monoisotopic (exact) mass is 282 g/mol. The quantitative estimate of drug-likeness (QED) is 0.910. The molecule has 3 nitrogen and oxygen atoms in total. The van der Waals surface area contributed by atoms with Gasteiger partial charge in [-0.3, -0.25) is 4.98 Å². The van der Waals surface area contributed by atoms with E-state index in [0.29, 0.717) is 18.1 Å². The summed E-state index contributed by atoms with van der Waals surface area (Å²) in [6, 6.07) is 11.1. The number of para-hydroxylation sites is 1. The molecule has 0 radical (unpaired) electrons. The maximum absolute atomic E-state index is 5.89. The van der Waals surface area contributed by atoms with Crippen molar-refractivity contribution in [1.82, 2.24) is 4.98 Å². The molecule has 1 N–H and O–H groups in total. The number of hydrogen-bond acceptors (Lipinski definition) is 3. The number of aryl methyl sites for hydroxylation is 1. The summed E-state index contributed by atoms with van der Waals surface area (Å²) in [5.41, 5.74) is 3.48. The summed E-state index contributed by atoms with van der Waals surface area (Å²) in [6.07, 6.45) is 1.59. The van der Waals surface area contributed by atoms with Crippen LogP contribution < -0.4 is 5.32 Å². The average molecular weight is 282 g/mol. The van der Waals surface area contributed by atoms with Crippen LogP contribution in [0, 0.1) is 18.3 Å². The van der Waals surface area contributed by atoms with Crippen LogP contribution in [0.2, 0.25) is 0 Å². The fourth-order valence-corrected chi connectivity index (χ4v) is 4.15. The van der Waals surface area contributed by atoms with Gasteiger partial charge in [0.15, 0.2) is 0 Å². The van der Waals surface area contributed by atoms with Crippen molar-refractivity contribution in [2.45, 2.75) is 39.3 Å². The van der Waals surface area contributed by atoms with E-state index in [2.05, 4.69) is 49.5 Å². The highest BCUT2D eigenvalue weighted by Gasteiger charge is 2.59. The zero-order valence-electron chi connectivity index (χ0n) is 12.9. The average Bonchev–Trinajstić information content (AvgIpc) is 2.92. The summed E-state index contributed by atoms with van der Waals surface area (Å²) in [5.74, 6) is 0.639. The molecule has 0 spiro atoms. The van der Waals surface area contributed by atoms with Gasteiger partial charge in [-0.05, 0) is 25.5 Å². The minimum Gasteiger partial charge on any atom is -0.380 e. The van der Waals surface area contributed by atoms with Crippen LogP contribution >= 0.6 is 0 Å². The van der Waals surface area contributed by atoms with Crippen LogP contribution in [0.5, 0.6) is 0 Å². The summed E-state index contributed by atoms with van der Waals surface area (Å²) < 4.78 is 5.89. The number of aromatic nitrogens is 1. The lowest BCUT2D eigenvalue weighted by Crippen LogP contribution is -2.63. The third kappa shape index (κ3) is 1.87. The molecule has 2 aromatic rings. The molecule has 0 amide bonds. The van der Waals surface area contributed by atoms with Crippen molar-refractivity contribution in [2.24, 2.45) is 11.3 Å². The Hall–Kier alpha value is -1.61. The van der Waals surface area contributed by atoms with Crippen molar-refractivity contribution in [2.75, 3.05) is 11.9 Å². The van der Waals surface area contributed by atoms with Crippen molar-refractivity contribution in [3.8, 4) is 0 Å². The van der Waals surface area contributed by atoms with Gasteiger partial charge < -0.3 is 10.1 Å². The normalized spacial score (nSPS) is 30.0. The van der Waals surface area contributed by atoms with E-state index in [-0.39, 0.29) is 5.41 Å². The van der Waals surface area contributed by atoms with Gasteiger partial charge in [0.1, 0.15) is 0 Å². The molecule has 3 unspecified atom stereocenters. The number of nitrogens with one attached hydrogen (secondary N) is 1. The fourth-order valence-electron chi connectivity index (χ4n) is 4.15. The number of benzene rings is 1. The van der Waals surface area contributed by atoms with Crippen molar-refractivity contribution in [3.05, 3.63) is 36.0 Å². The van der Waals surface area contributed by atoms with Gasteiger partial charge in [-0.25, -0.2) is 0 Å². The second-order valence-corrected chi connectivity index (χ2v) is 7.02. The van der Waals surface area contributed by atoms with E-state index in [4.69, 9.17) is 9.72 Å². The van der Waals surface area contributed by atoms with Crippen LogP contribution in [0.1, 0.15) is 26.0 Å². The summed E-state index contributed by atoms with van der Waals surface area (Å²) >= 11 is 0. The van der Waals surface area contributed by atoms with Crippen LogP contribution in [0.15, 0.2) is 30.3 Å². The van der Waals surface area contributed by atoms with Gasteiger partial charge in [-0.2, -0.15) is 0 Å². The van der Waals surface area contributed by atoms with E-state index in [1.54, 1.807) is 0 Å². The first-order valence-electron chi connectivity index (χ1n) is 7.82. The van der Waals surface area contributed by atoms with E-state index in [1.165, 1.54) is 11.8 Å². The van der Waals surface area contributed by atoms with Gasteiger partial charge in [-0.1, -0.05) is 32.0 Å². The lowest BCUT2D eigenvalue weighted by Gasteiger charge is -2.55. The van der Waals surface area contributed by atoms with Crippen molar-refractivity contribution >= 4 is 16.6 Å². The molecular formula is C18H22N2O. The predicted molar refractivity (Wildman–Crippen MR) is 85.5 cm³/mol. The Morgan fingerprint density at radius 2 is 2.10 bits per heavy atom. The second-order valence-electron chi connectivity index (χ2n) is 7.02. The van der Waals surface area contributed by atoms with E-state index in [0.717, 1.165) is 23.5 Å². The number of pyridine rings is 1. The van der Waals surface area contributed by atoms with Crippen LogP contribution in [0.25, 0.3) is 10.9 Å². The number of fused-ring (bicyclic) bond motifs is 2. The van der Waals surface area contributed by atoms with Crippen molar-refractivity contribution < 1.29 is 4.74 Å². The zero-order chi connectivity index (χ0) is 14.6. The molecule has 21 heavy (non-hydrogen) atoms. The van der Waals surface area contributed by atoms with Gasteiger partial charge in [0.05, 0.1) is 17.3 Å². The Morgan fingerprint density at radius 3 is 2.95 bits per heavy atom. The highest BCUT2D eigenvalue weighted by molar-refractivity contribution is 5.90. The molecule has 2 fully saturated rings. The molecule has 1 aromatic carbocycles. The standard InChI is InChI=1S/C18H22N2O/c1-11-7-8-12-5-4-6-14(15(12)19-11)20-16-13-9-10-21-17(13)18(16,2)3/h4-8,13,16-17,20H,9-10H2,1-3H3. The van der Waals surface area contributed by atoms with Crippen molar-refractivity contribution in [3.63, 3.8) is 0 Å². The molecule has 4 rings (SSSR count). The Balaban J connectivity index is 1.70. The van der Waals surface area contributed by atoms with Crippen LogP contribution in [-0.4, -0.2) is 23.7 Å². The number of ether oxygens (including phenoxy) is 1. The van der Waals surface area contributed by atoms with Crippen LogP contribution in [-0.2, 0) is 4.74 Å². The first-order valence-corrected chi connectivity index (χ1v) is 7.82. The lowest BCUT2D eigenvalue weighted by molar-refractivity contribution is -0.0922. The second kappa shape index (κ2) is 4.44. The highest BCUT2D eigenvalue weighted by atomic mass is 16.5. The maximum atomic E-state index is 5.89. The number of anilines is 1. The first kappa shape index (κ1) is 13.1. The highest BCUT2D eigenvalue weighted by Crippen LogP contribution is 2.53. The van der Waals surface area contributed by atoms with E-state index in [9.17, 15) is 0 Å². The topological polar surface area (TPSA) is 34.1 Å². The molecule has 3 heteroatoms. The molecule has 110 valence electrons. The van der Waals surface area contributed by atoms with Gasteiger partial charge in [0, 0.05) is 35.1 Å². The Morgan fingerprint density at radius 1 is 1.24 bits per heavy atom. The van der Waals surface area contributed by atoms with Crippen LogP contribution in [0.4, 0.5) is 5.69 Å². The minimum absolute atomic E-state index is 0.188. The first-order chi connectivity index (χ1) is 10.1. The minimum atomic E-state index is 0.188. The smallest absolute Gasteiger partial charge is 0.0936 e. The molecule has 1 saturated carbocycles. The predicted octanol–water partition coefficient (Wildman–Crippen LogP) is 3.77. The van der Waals surface area contributed by atoms with E-state index in [1.807, 2.05) is 6.92 Å². The Kier molecular flexibility index (Phi) is 2.77. The molecule has 1 aliphatic carbocycles. The molecule has 1 aliphatic heterocycles. The molecule has 0 bridgehead atoms. The van der Waals surface area contributed by atoms with E-state index < -0.39 is 0 Å². The largest absolute Gasteiger partial charge is 0.380 e. The molecule has 1 saturated heterocycles. The molecular weight excluding hydrogens is 260 g/mol. The van der Waals surface area contributed by atoms with Crippen LogP contribution in [0.3, 0.4) is 0 Å². The Bertz CT molecular complexity index is 695. The summed E-state index contributed by atoms with van der Waals surface area (Å²) in [4.78, 5) is 4.73. The fraction of sp³-hybridized carbons (Fsp3) is 0.500. The number of hydrogen-bond donors (Lipinski definition) is 1. The summed E-state index contributed by atoms with van der Waals surface area (Å²) in [6.45, 7) is 7.57. The van der Waals surface area contributed by atoms with Gasteiger partial charge in [0.25, 0.3) is 0 Å². The Labute approximate surface area is 125 Å². The molecule has 3 atom stereocenters. The molecule has 1 aromatic heterocycles. The zero-order valence-corrected chi connectivity index (χ0v) is 12.9. The van der Waals surface area contributed by atoms with E-state index >= 15 is 0 Å². The van der Waals surface area contributed by atoms with Gasteiger partial charge >= 0.3 is 0 Å². The molecule has 2 aliphatic rings. The number of nitrogens with zero attached hydrogens (tertiary/aromatic N) is 1. The molecule has 2 heterocycles. The maximum Gasteiger partial charge on any atom is 0.0936 e. The summed E-state index contributed by atoms with van der Waals surface area (Å²) in [5, 5.41) is 4.96. The summed E-state index contributed by atoms with van der Waals surface area (Å²) in [7, 11) is 0. The third-order valence-electron chi connectivity index (χ3n) is 5.27. The number of rotatable bonds is 2. The third-order valence-corrected chi connectivity index (χ3v) is 5.27. The SMILES string of the molecule is Cc1ccc2cccc(NC3C4CCOC4C3(C)C)c2n1. The van der Waals surface area contributed by atoms with Crippen molar-refractivity contribution in [1.29, 1.82) is 0 Å². The lowest BCUT2D eigenvalue weighted by atomic mass is 9.57. The van der Waals surface area contributed by atoms with Gasteiger partial charge in [-0.15, -0.1) is 0 Å².